The van der Waals surface area contributed by atoms with Gasteiger partial charge in [0.15, 0.2) is 11.5 Å². The Kier molecular flexibility index (Phi) is 5.88. The van der Waals surface area contributed by atoms with Crippen LogP contribution in [0.4, 0.5) is 0 Å². The van der Waals surface area contributed by atoms with Crippen LogP contribution in [0.5, 0.6) is 11.5 Å². The van der Waals surface area contributed by atoms with Gasteiger partial charge in [-0.05, 0) is 43.0 Å². The van der Waals surface area contributed by atoms with E-state index in [0.29, 0.717) is 24.6 Å². The molecule has 0 atom stereocenters. The van der Waals surface area contributed by atoms with Gasteiger partial charge in [0.1, 0.15) is 0 Å². The normalized spacial score (nSPS) is 14.4. The predicted molar refractivity (Wildman–Crippen MR) is 91.2 cm³/mol. The molecule has 1 aliphatic rings. The van der Waals surface area contributed by atoms with Crippen molar-refractivity contribution in [1.29, 1.82) is 0 Å². The van der Waals surface area contributed by atoms with Crippen molar-refractivity contribution in [2.24, 2.45) is 5.92 Å². The summed E-state index contributed by atoms with van der Waals surface area (Å²) in [5, 5.41) is 6.22. The quantitative estimate of drug-likeness (QED) is 0.731. The van der Waals surface area contributed by atoms with E-state index < -0.39 is 0 Å². The van der Waals surface area contributed by atoms with E-state index >= 15 is 0 Å². The standard InChI is InChI=1S/C18H28N2O3/c1-18(2,12-20-17(21)11-19-10-13-5-6-13)14-7-8-15(22-3)16(9-14)23-4/h7-9,13,19H,5-6,10-12H2,1-4H3,(H,20,21). The second kappa shape index (κ2) is 7.68. The van der Waals surface area contributed by atoms with Crippen LogP contribution in [0, 0.1) is 5.92 Å². The molecule has 2 rings (SSSR count). The van der Waals surface area contributed by atoms with Crippen LogP contribution in [-0.4, -0.2) is 39.8 Å². The molecule has 0 heterocycles. The summed E-state index contributed by atoms with van der Waals surface area (Å²) in [7, 11) is 3.25. The van der Waals surface area contributed by atoms with Crippen LogP contribution < -0.4 is 20.1 Å². The van der Waals surface area contributed by atoms with Crippen molar-refractivity contribution in [3.63, 3.8) is 0 Å². The number of carbonyl (C=O) groups excluding carboxylic acids is 1. The molecule has 128 valence electrons. The van der Waals surface area contributed by atoms with Crippen molar-refractivity contribution in [2.75, 3.05) is 33.9 Å². The number of methoxy groups -OCH3 is 2. The summed E-state index contributed by atoms with van der Waals surface area (Å²) < 4.78 is 10.6. The van der Waals surface area contributed by atoms with Crippen molar-refractivity contribution >= 4 is 5.91 Å². The van der Waals surface area contributed by atoms with E-state index in [9.17, 15) is 4.79 Å². The third-order valence-electron chi connectivity index (χ3n) is 4.31. The summed E-state index contributed by atoms with van der Waals surface area (Å²) in [6, 6.07) is 5.88. The van der Waals surface area contributed by atoms with E-state index in [4.69, 9.17) is 9.47 Å². The fraction of sp³-hybridized carbons (Fsp3) is 0.611. The zero-order valence-corrected chi connectivity index (χ0v) is 14.6. The lowest BCUT2D eigenvalue weighted by Crippen LogP contribution is -2.41. The summed E-state index contributed by atoms with van der Waals surface area (Å²) in [6.45, 7) is 6.12. The first-order valence-corrected chi connectivity index (χ1v) is 8.16. The first-order valence-electron chi connectivity index (χ1n) is 8.16. The molecule has 0 bridgehead atoms. The topological polar surface area (TPSA) is 59.6 Å². The van der Waals surface area contributed by atoms with E-state index in [2.05, 4.69) is 24.5 Å². The molecule has 0 aliphatic heterocycles. The average Bonchev–Trinajstić information content (AvgIpc) is 3.36. The van der Waals surface area contributed by atoms with Crippen LogP contribution >= 0.6 is 0 Å². The van der Waals surface area contributed by atoms with Crippen molar-refractivity contribution in [3.8, 4) is 11.5 Å². The van der Waals surface area contributed by atoms with Crippen LogP contribution in [-0.2, 0) is 10.2 Å². The monoisotopic (exact) mass is 320 g/mol. The lowest BCUT2D eigenvalue weighted by atomic mass is 9.84. The lowest BCUT2D eigenvalue weighted by Gasteiger charge is -2.26. The summed E-state index contributed by atoms with van der Waals surface area (Å²) in [4.78, 5) is 11.9. The Labute approximate surface area is 138 Å². The highest BCUT2D eigenvalue weighted by atomic mass is 16.5. The molecule has 2 N–H and O–H groups in total. The smallest absolute Gasteiger partial charge is 0.233 e. The number of rotatable bonds is 9. The van der Waals surface area contributed by atoms with Crippen LogP contribution in [0.2, 0.25) is 0 Å². The van der Waals surface area contributed by atoms with Gasteiger partial charge in [0.05, 0.1) is 20.8 Å². The molecule has 23 heavy (non-hydrogen) atoms. The average molecular weight is 320 g/mol. The molecule has 1 fully saturated rings. The van der Waals surface area contributed by atoms with Gasteiger partial charge in [0, 0.05) is 12.0 Å². The van der Waals surface area contributed by atoms with Crippen LogP contribution in [0.1, 0.15) is 32.3 Å². The molecule has 5 nitrogen and oxygen atoms in total. The third-order valence-corrected chi connectivity index (χ3v) is 4.31. The minimum atomic E-state index is -0.189. The maximum absolute atomic E-state index is 11.9. The van der Waals surface area contributed by atoms with Gasteiger partial charge in [0.2, 0.25) is 5.91 Å². The number of hydrogen-bond acceptors (Lipinski definition) is 4. The molecular formula is C18H28N2O3. The Balaban J connectivity index is 1.88. The molecule has 5 heteroatoms. The van der Waals surface area contributed by atoms with E-state index in [1.807, 2.05) is 18.2 Å². The Morgan fingerprint density at radius 1 is 1.22 bits per heavy atom. The van der Waals surface area contributed by atoms with Gasteiger partial charge >= 0.3 is 0 Å². The van der Waals surface area contributed by atoms with Crippen molar-refractivity contribution in [1.82, 2.24) is 10.6 Å². The van der Waals surface area contributed by atoms with E-state index in [1.165, 1.54) is 12.8 Å². The van der Waals surface area contributed by atoms with E-state index in [1.54, 1.807) is 14.2 Å². The first-order chi connectivity index (χ1) is 11.0. The molecule has 0 aromatic heterocycles. The Morgan fingerprint density at radius 3 is 2.52 bits per heavy atom. The number of hydrogen-bond donors (Lipinski definition) is 2. The molecule has 1 aliphatic carbocycles. The van der Waals surface area contributed by atoms with Crippen LogP contribution in [0.25, 0.3) is 0 Å². The third kappa shape index (κ3) is 5.13. The number of ether oxygens (including phenoxy) is 2. The Morgan fingerprint density at radius 2 is 1.91 bits per heavy atom. The molecule has 1 saturated carbocycles. The Bertz CT molecular complexity index is 539. The van der Waals surface area contributed by atoms with E-state index in [-0.39, 0.29) is 11.3 Å². The molecule has 0 unspecified atom stereocenters. The largest absolute Gasteiger partial charge is 0.493 e. The number of carbonyl (C=O) groups is 1. The van der Waals surface area contributed by atoms with Crippen molar-refractivity contribution in [2.45, 2.75) is 32.1 Å². The van der Waals surface area contributed by atoms with Gasteiger partial charge in [-0.3, -0.25) is 4.79 Å². The molecular weight excluding hydrogens is 292 g/mol. The number of amides is 1. The highest BCUT2D eigenvalue weighted by Crippen LogP contribution is 2.32. The molecule has 1 amide bonds. The van der Waals surface area contributed by atoms with Gasteiger partial charge in [-0.1, -0.05) is 19.9 Å². The molecule has 0 radical (unpaired) electrons. The molecule has 0 saturated heterocycles. The minimum Gasteiger partial charge on any atom is -0.493 e. The first kappa shape index (κ1) is 17.6. The van der Waals surface area contributed by atoms with Crippen molar-refractivity contribution < 1.29 is 14.3 Å². The molecule has 1 aromatic carbocycles. The summed E-state index contributed by atoms with van der Waals surface area (Å²) >= 11 is 0. The van der Waals surface area contributed by atoms with Crippen molar-refractivity contribution in [3.05, 3.63) is 23.8 Å². The molecule has 0 spiro atoms. The second-order valence-electron chi connectivity index (χ2n) is 6.80. The second-order valence-corrected chi connectivity index (χ2v) is 6.80. The molecule has 1 aromatic rings. The number of benzene rings is 1. The van der Waals surface area contributed by atoms with E-state index in [0.717, 1.165) is 18.0 Å². The zero-order chi connectivity index (χ0) is 16.9. The fourth-order valence-corrected chi connectivity index (χ4v) is 2.45. The number of nitrogens with one attached hydrogen (secondary N) is 2. The lowest BCUT2D eigenvalue weighted by molar-refractivity contribution is -0.120. The van der Waals surface area contributed by atoms with Gasteiger partial charge < -0.3 is 20.1 Å². The maximum atomic E-state index is 11.9. The highest BCUT2D eigenvalue weighted by Gasteiger charge is 2.24. The van der Waals surface area contributed by atoms with Gasteiger partial charge in [0.25, 0.3) is 0 Å². The van der Waals surface area contributed by atoms with Crippen LogP contribution in [0.15, 0.2) is 18.2 Å². The van der Waals surface area contributed by atoms with Gasteiger partial charge in [-0.25, -0.2) is 0 Å². The SMILES string of the molecule is COc1ccc(C(C)(C)CNC(=O)CNCC2CC2)cc1OC. The minimum absolute atomic E-state index is 0.0409. The Hall–Kier alpha value is -1.75. The van der Waals surface area contributed by atoms with Gasteiger partial charge in [-0.15, -0.1) is 0 Å². The summed E-state index contributed by atoms with van der Waals surface area (Å²) in [5.74, 6) is 2.24. The fourth-order valence-electron chi connectivity index (χ4n) is 2.45. The zero-order valence-electron chi connectivity index (χ0n) is 14.6. The highest BCUT2D eigenvalue weighted by molar-refractivity contribution is 5.78. The summed E-state index contributed by atoms with van der Waals surface area (Å²) in [5.41, 5.74) is 0.910. The van der Waals surface area contributed by atoms with Crippen LogP contribution in [0.3, 0.4) is 0 Å². The van der Waals surface area contributed by atoms with Gasteiger partial charge in [-0.2, -0.15) is 0 Å². The predicted octanol–water partition coefficient (Wildman–Crippen LogP) is 2.10. The maximum Gasteiger partial charge on any atom is 0.233 e. The summed E-state index contributed by atoms with van der Waals surface area (Å²) in [6.07, 6.45) is 2.59.